The Morgan fingerprint density at radius 1 is 1.20 bits per heavy atom. The van der Waals surface area contributed by atoms with Crippen molar-refractivity contribution >= 4 is 11.6 Å². The number of anilines is 1. The van der Waals surface area contributed by atoms with Gasteiger partial charge in [-0.15, -0.1) is 0 Å². The Labute approximate surface area is 116 Å². The number of ether oxygens (including phenoxy) is 2. The minimum Gasteiger partial charge on any atom is -0.493 e. The molecule has 0 aliphatic carbocycles. The third-order valence-electron chi connectivity index (χ3n) is 3.33. The Morgan fingerprint density at radius 3 is 2.20 bits per heavy atom. The van der Waals surface area contributed by atoms with E-state index in [1.165, 1.54) is 31.3 Å². The average molecular weight is 282 g/mol. The van der Waals surface area contributed by atoms with Gasteiger partial charge >= 0.3 is 0 Å². The minimum absolute atomic E-state index is 0.0772. The van der Waals surface area contributed by atoms with Gasteiger partial charge in [-0.05, 0) is 6.07 Å². The largest absolute Gasteiger partial charge is 0.493 e. The smallest absolute Gasteiger partial charge is 0.256 e. The Kier molecular flexibility index (Phi) is 4.01. The van der Waals surface area contributed by atoms with Gasteiger partial charge in [-0.1, -0.05) is 0 Å². The van der Waals surface area contributed by atoms with Gasteiger partial charge in [0, 0.05) is 24.8 Å². The molecule has 1 amide bonds. The summed E-state index contributed by atoms with van der Waals surface area (Å²) in [5, 5.41) is 19.0. The number of methoxy groups -OCH3 is 2. The van der Waals surface area contributed by atoms with Crippen LogP contribution in [0.25, 0.3) is 0 Å². The number of amides is 1. The monoisotopic (exact) mass is 282 g/mol. The third-order valence-corrected chi connectivity index (χ3v) is 3.33. The quantitative estimate of drug-likeness (QED) is 0.643. The highest BCUT2D eigenvalue weighted by atomic mass is 16.5. The molecule has 1 aromatic rings. The fourth-order valence-corrected chi connectivity index (χ4v) is 2.19. The standard InChI is InChI=1S/C13H18N2O5/c1-19-11-3-7(8(14)4-12(11)20-2)13(18)15-5-9(16)10(17)6-15/h3-4,9-10,16-17H,5-6,14H2,1-2H3. The van der Waals surface area contributed by atoms with E-state index in [9.17, 15) is 15.0 Å². The zero-order valence-electron chi connectivity index (χ0n) is 11.4. The fraction of sp³-hybridized carbons (Fsp3) is 0.462. The van der Waals surface area contributed by atoms with Gasteiger partial charge < -0.3 is 30.3 Å². The number of hydrogen-bond donors (Lipinski definition) is 3. The van der Waals surface area contributed by atoms with Crippen LogP contribution >= 0.6 is 0 Å². The first-order chi connectivity index (χ1) is 9.47. The lowest BCUT2D eigenvalue weighted by Crippen LogP contribution is -2.30. The van der Waals surface area contributed by atoms with Gasteiger partial charge in [0.15, 0.2) is 11.5 Å². The number of likely N-dealkylation sites (tertiary alicyclic amines) is 1. The molecule has 1 aromatic carbocycles. The highest BCUT2D eigenvalue weighted by molar-refractivity contribution is 6.00. The van der Waals surface area contributed by atoms with Crippen molar-refractivity contribution in [2.75, 3.05) is 33.0 Å². The first-order valence-corrected chi connectivity index (χ1v) is 6.14. The van der Waals surface area contributed by atoms with Gasteiger partial charge in [-0.25, -0.2) is 0 Å². The van der Waals surface area contributed by atoms with Gasteiger partial charge in [0.1, 0.15) is 0 Å². The molecule has 4 N–H and O–H groups in total. The molecule has 7 heteroatoms. The topological polar surface area (TPSA) is 105 Å². The molecule has 1 fully saturated rings. The molecule has 7 nitrogen and oxygen atoms in total. The maximum absolute atomic E-state index is 12.4. The van der Waals surface area contributed by atoms with E-state index in [-0.39, 0.29) is 30.2 Å². The predicted molar refractivity (Wildman–Crippen MR) is 71.9 cm³/mol. The van der Waals surface area contributed by atoms with Crippen LogP contribution in [0.1, 0.15) is 10.4 Å². The average Bonchev–Trinajstić information content (AvgIpc) is 2.77. The molecule has 1 aliphatic heterocycles. The molecular formula is C13H18N2O5. The number of carbonyl (C=O) groups is 1. The maximum Gasteiger partial charge on any atom is 0.256 e. The normalized spacial score (nSPS) is 21.9. The molecule has 2 rings (SSSR count). The Bertz CT molecular complexity index is 510. The van der Waals surface area contributed by atoms with E-state index in [4.69, 9.17) is 15.2 Å². The summed E-state index contributed by atoms with van der Waals surface area (Å²) in [5.74, 6) is 0.465. The Morgan fingerprint density at radius 2 is 1.70 bits per heavy atom. The molecule has 1 saturated heterocycles. The maximum atomic E-state index is 12.4. The zero-order chi connectivity index (χ0) is 14.9. The number of nitrogen functional groups attached to an aromatic ring is 1. The Hall–Kier alpha value is -1.99. The third kappa shape index (κ3) is 2.50. The van der Waals surface area contributed by atoms with Crippen LogP contribution in [0.2, 0.25) is 0 Å². The molecular weight excluding hydrogens is 264 g/mol. The molecule has 110 valence electrons. The molecule has 1 heterocycles. The van der Waals surface area contributed by atoms with Crippen molar-refractivity contribution in [3.05, 3.63) is 17.7 Å². The Balaban J connectivity index is 2.30. The fourth-order valence-electron chi connectivity index (χ4n) is 2.19. The van der Waals surface area contributed by atoms with Crippen LogP contribution in [-0.2, 0) is 0 Å². The predicted octanol–water partition coefficient (Wildman–Crippen LogP) is -0.536. The summed E-state index contributed by atoms with van der Waals surface area (Å²) in [6.07, 6.45) is -1.86. The SMILES string of the molecule is COc1cc(N)c(C(=O)N2CC(O)C(O)C2)cc1OC. The molecule has 0 saturated carbocycles. The van der Waals surface area contributed by atoms with Crippen molar-refractivity contribution in [1.29, 1.82) is 0 Å². The lowest BCUT2D eigenvalue weighted by atomic mass is 10.1. The number of aliphatic hydroxyl groups excluding tert-OH is 2. The second-order valence-electron chi connectivity index (χ2n) is 4.64. The van der Waals surface area contributed by atoms with E-state index >= 15 is 0 Å². The number of benzene rings is 1. The van der Waals surface area contributed by atoms with Gasteiger partial charge in [0.05, 0.1) is 32.0 Å². The number of aliphatic hydroxyl groups is 2. The second kappa shape index (κ2) is 5.56. The molecule has 2 unspecified atom stereocenters. The van der Waals surface area contributed by atoms with Crippen molar-refractivity contribution in [1.82, 2.24) is 4.90 Å². The van der Waals surface area contributed by atoms with Gasteiger partial charge in [-0.2, -0.15) is 0 Å². The lowest BCUT2D eigenvalue weighted by molar-refractivity contribution is 0.0572. The first-order valence-electron chi connectivity index (χ1n) is 6.14. The number of nitrogens with zero attached hydrogens (tertiary/aromatic N) is 1. The minimum atomic E-state index is -0.930. The number of rotatable bonds is 3. The highest BCUT2D eigenvalue weighted by Crippen LogP contribution is 2.32. The summed E-state index contributed by atoms with van der Waals surface area (Å²) >= 11 is 0. The van der Waals surface area contributed by atoms with Crippen molar-refractivity contribution in [2.45, 2.75) is 12.2 Å². The van der Waals surface area contributed by atoms with Crippen molar-refractivity contribution in [2.24, 2.45) is 0 Å². The van der Waals surface area contributed by atoms with Crippen LogP contribution < -0.4 is 15.2 Å². The van der Waals surface area contributed by atoms with Crippen LogP contribution in [0.15, 0.2) is 12.1 Å². The lowest BCUT2D eigenvalue weighted by Gasteiger charge is -2.18. The number of carbonyl (C=O) groups excluding carboxylic acids is 1. The van der Waals surface area contributed by atoms with Crippen molar-refractivity contribution in [3.63, 3.8) is 0 Å². The summed E-state index contributed by atoms with van der Waals surface area (Å²) in [4.78, 5) is 13.7. The number of nitrogens with two attached hydrogens (primary N) is 1. The molecule has 0 radical (unpaired) electrons. The summed E-state index contributed by atoms with van der Waals surface area (Å²) in [7, 11) is 2.94. The van der Waals surface area contributed by atoms with E-state index in [1.54, 1.807) is 0 Å². The van der Waals surface area contributed by atoms with Gasteiger partial charge in [0.25, 0.3) is 5.91 Å². The van der Waals surface area contributed by atoms with Crippen LogP contribution in [-0.4, -0.2) is 60.5 Å². The summed E-state index contributed by atoms with van der Waals surface area (Å²) < 4.78 is 10.2. The van der Waals surface area contributed by atoms with Crippen molar-refractivity contribution in [3.8, 4) is 11.5 Å². The van der Waals surface area contributed by atoms with Crippen LogP contribution in [0.3, 0.4) is 0 Å². The van der Waals surface area contributed by atoms with Gasteiger partial charge in [-0.3, -0.25) is 4.79 Å². The second-order valence-corrected chi connectivity index (χ2v) is 4.64. The molecule has 0 spiro atoms. The number of hydrogen-bond acceptors (Lipinski definition) is 6. The first kappa shape index (κ1) is 14.4. The van der Waals surface area contributed by atoms with Gasteiger partial charge in [0.2, 0.25) is 0 Å². The molecule has 1 aliphatic rings. The molecule has 0 aromatic heterocycles. The number of β-amino-alcohol motifs (C(OH)–C–C–N with tert-alkyl or cyclic N) is 2. The molecule has 2 atom stereocenters. The van der Waals surface area contributed by atoms with E-state index in [1.807, 2.05) is 0 Å². The van der Waals surface area contributed by atoms with Crippen LogP contribution in [0.4, 0.5) is 5.69 Å². The van der Waals surface area contributed by atoms with Crippen LogP contribution in [0.5, 0.6) is 11.5 Å². The van der Waals surface area contributed by atoms with Crippen LogP contribution in [0, 0.1) is 0 Å². The molecule has 0 bridgehead atoms. The zero-order valence-corrected chi connectivity index (χ0v) is 11.4. The van der Waals surface area contributed by atoms with E-state index in [0.717, 1.165) is 0 Å². The molecule has 20 heavy (non-hydrogen) atoms. The van der Waals surface area contributed by atoms with E-state index in [0.29, 0.717) is 11.5 Å². The van der Waals surface area contributed by atoms with E-state index in [2.05, 4.69) is 0 Å². The summed E-state index contributed by atoms with van der Waals surface area (Å²) in [6, 6.07) is 3.00. The highest BCUT2D eigenvalue weighted by Gasteiger charge is 2.33. The van der Waals surface area contributed by atoms with Crippen molar-refractivity contribution < 1.29 is 24.5 Å². The summed E-state index contributed by atoms with van der Waals surface area (Å²) in [5.41, 5.74) is 6.36. The van der Waals surface area contributed by atoms with E-state index < -0.39 is 12.2 Å². The summed E-state index contributed by atoms with van der Waals surface area (Å²) in [6.45, 7) is 0.154.